The summed E-state index contributed by atoms with van der Waals surface area (Å²) in [6.45, 7) is 3.83. The van der Waals surface area contributed by atoms with Crippen LogP contribution in [0.4, 0.5) is 4.39 Å². The van der Waals surface area contributed by atoms with Gasteiger partial charge in [0.15, 0.2) is 0 Å². The molecule has 2 aromatic carbocycles. The van der Waals surface area contributed by atoms with E-state index in [-0.39, 0.29) is 11.9 Å². The van der Waals surface area contributed by atoms with E-state index in [1.165, 1.54) is 0 Å². The molecule has 0 spiro atoms. The fourth-order valence-electron chi connectivity index (χ4n) is 2.46. The van der Waals surface area contributed by atoms with Crippen molar-refractivity contribution < 1.29 is 4.39 Å². The van der Waals surface area contributed by atoms with Crippen LogP contribution in [0.1, 0.15) is 28.3 Å². The van der Waals surface area contributed by atoms with Crippen LogP contribution in [-0.4, -0.2) is 7.05 Å². The molecule has 0 aliphatic heterocycles. The van der Waals surface area contributed by atoms with Gasteiger partial charge in [-0.05, 0) is 78.4 Å². The topological polar surface area (TPSA) is 12.0 Å². The lowest BCUT2D eigenvalue weighted by Crippen LogP contribution is -2.20. The second-order valence-electron chi connectivity index (χ2n) is 4.87. The molecule has 0 amide bonds. The van der Waals surface area contributed by atoms with Crippen molar-refractivity contribution >= 4 is 34.2 Å². The van der Waals surface area contributed by atoms with E-state index in [9.17, 15) is 4.39 Å². The second-order valence-corrected chi connectivity index (χ2v) is 6.44. The predicted octanol–water partition coefficient (Wildman–Crippen LogP) is 5.01. The molecule has 0 saturated heterocycles. The molecule has 0 fully saturated rings. The molecular formula is C16H16ClFIN. The molecule has 0 bridgehead atoms. The Hall–Kier alpha value is -0.650. The monoisotopic (exact) mass is 403 g/mol. The third-order valence-corrected chi connectivity index (χ3v) is 4.91. The summed E-state index contributed by atoms with van der Waals surface area (Å²) in [5.74, 6) is -0.184. The molecule has 0 aliphatic carbocycles. The average molecular weight is 404 g/mol. The smallest absolute Gasteiger partial charge is 0.128 e. The average Bonchev–Trinajstić information content (AvgIpc) is 2.37. The van der Waals surface area contributed by atoms with Crippen molar-refractivity contribution in [1.29, 1.82) is 0 Å². The minimum atomic E-state index is -0.204. The summed E-state index contributed by atoms with van der Waals surface area (Å²) in [5.41, 5.74) is 3.51. The van der Waals surface area contributed by atoms with Gasteiger partial charge in [0.1, 0.15) is 5.82 Å². The maximum atomic E-state index is 14.3. The van der Waals surface area contributed by atoms with Gasteiger partial charge < -0.3 is 5.32 Å². The molecule has 1 unspecified atom stereocenters. The number of rotatable bonds is 3. The maximum Gasteiger partial charge on any atom is 0.128 e. The molecule has 1 nitrogen and oxygen atoms in total. The van der Waals surface area contributed by atoms with E-state index in [1.54, 1.807) is 6.07 Å². The Labute approximate surface area is 137 Å². The lowest BCUT2D eigenvalue weighted by Gasteiger charge is -2.21. The third kappa shape index (κ3) is 3.15. The number of benzene rings is 2. The molecule has 0 heterocycles. The lowest BCUT2D eigenvalue weighted by atomic mass is 9.93. The van der Waals surface area contributed by atoms with Crippen LogP contribution in [-0.2, 0) is 0 Å². The zero-order chi connectivity index (χ0) is 14.9. The van der Waals surface area contributed by atoms with E-state index in [1.807, 2.05) is 45.2 Å². The number of halogens is 3. The number of hydrogen-bond donors (Lipinski definition) is 1. The van der Waals surface area contributed by atoms with Crippen molar-refractivity contribution in [3.05, 3.63) is 67.0 Å². The van der Waals surface area contributed by atoms with Crippen LogP contribution in [0.15, 0.2) is 30.3 Å². The van der Waals surface area contributed by atoms with Gasteiger partial charge in [0.25, 0.3) is 0 Å². The zero-order valence-corrected chi connectivity index (χ0v) is 14.5. The minimum absolute atomic E-state index is 0.184. The normalized spacial score (nSPS) is 12.5. The first-order valence-corrected chi connectivity index (χ1v) is 7.78. The van der Waals surface area contributed by atoms with Crippen LogP contribution in [0.5, 0.6) is 0 Å². The van der Waals surface area contributed by atoms with E-state index >= 15 is 0 Å². The fourth-order valence-corrected chi connectivity index (χ4v) is 2.99. The summed E-state index contributed by atoms with van der Waals surface area (Å²) in [6.07, 6.45) is 0. The van der Waals surface area contributed by atoms with Crippen LogP contribution < -0.4 is 5.32 Å². The quantitative estimate of drug-likeness (QED) is 0.711. The highest BCUT2D eigenvalue weighted by molar-refractivity contribution is 14.1. The van der Waals surface area contributed by atoms with Crippen molar-refractivity contribution in [2.75, 3.05) is 7.05 Å². The van der Waals surface area contributed by atoms with Crippen LogP contribution in [0.3, 0.4) is 0 Å². The largest absolute Gasteiger partial charge is 0.309 e. The molecule has 0 aromatic heterocycles. The summed E-state index contributed by atoms with van der Waals surface area (Å²) in [7, 11) is 1.83. The molecule has 0 aliphatic rings. The fraction of sp³-hybridized carbons (Fsp3) is 0.250. The van der Waals surface area contributed by atoms with Crippen LogP contribution >= 0.6 is 34.2 Å². The van der Waals surface area contributed by atoms with Crippen molar-refractivity contribution in [2.24, 2.45) is 0 Å². The Balaban J connectivity index is 2.55. The highest BCUT2D eigenvalue weighted by atomic mass is 127. The van der Waals surface area contributed by atoms with Crippen LogP contribution in [0.2, 0.25) is 5.02 Å². The van der Waals surface area contributed by atoms with Gasteiger partial charge in [0.05, 0.1) is 11.1 Å². The highest BCUT2D eigenvalue weighted by Gasteiger charge is 2.19. The molecule has 0 radical (unpaired) electrons. The van der Waals surface area contributed by atoms with E-state index in [4.69, 9.17) is 11.6 Å². The number of aryl methyl sites for hydroxylation is 2. The Bertz CT molecular complexity index is 619. The Morgan fingerprint density at radius 2 is 1.90 bits per heavy atom. The van der Waals surface area contributed by atoms with Crippen LogP contribution in [0, 0.1) is 23.2 Å². The van der Waals surface area contributed by atoms with Gasteiger partial charge in [-0.3, -0.25) is 0 Å². The Morgan fingerprint density at radius 1 is 1.20 bits per heavy atom. The number of hydrogen-bond acceptors (Lipinski definition) is 1. The lowest BCUT2D eigenvalue weighted by molar-refractivity contribution is 0.572. The van der Waals surface area contributed by atoms with Gasteiger partial charge in [-0.1, -0.05) is 23.7 Å². The molecule has 20 heavy (non-hydrogen) atoms. The van der Waals surface area contributed by atoms with Crippen molar-refractivity contribution in [2.45, 2.75) is 19.9 Å². The standard InChI is InChI=1S/C16H16ClFIN/c1-9-6-10(2)15(13(18)7-9)16(20-3)11-4-5-14(19)12(17)8-11/h4-8,16,20H,1-3H3. The zero-order valence-electron chi connectivity index (χ0n) is 11.6. The molecule has 106 valence electrons. The second kappa shape index (κ2) is 6.41. The van der Waals surface area contributed by atoms with Crippen molar-refractivity contribution in [3.8, 4) is 0 Å². The van der Waals surface area contributed by atoms with Gasteiger partial charge in [0.2, 0.25) is 0 Å². The third-order valence-electron chi connectivity index (χ3n) is 3.34. The molecule has 1 N–H and O–H groups in total. The van der Waals surface area contributed by atoms with Crippen molar-refractivity contribution in [1.82, 2.24) is 5.32 Å². The molecule has 4 heteroatoms. The van der Waals surface area contributed by atoms with E-state index in [0.717, 1.165) is 20.3 Å². The Kier molecular flexibility index (Phi) is 5.04. The van der Waals surface area contributed by atoms with E-state index < -0.39 is 0 Å². The SMILES string of the molecule is CNC(c1ccc(I)c(Cl)c1)c1c(C)cc(C)cc1F. The van der Waals surface area contributed by atoms with Crippen molar-refractivity contribution in [3.63, 3.8) is 0 Å². The van der Waals surface area contributed by atoms with Crippen LogP contribution in [0.25, 0.3) is 0 Å². The van der Waals surface area contributed by atoms with Gasteiger partial charge >= 0.3 is 0 Å². The summed E-state index contributed by atoms with van der Waals surface area (Å²) in [5, 5.41) is 3.87. The first-order chi connectivity index (χ1) is 9.43. The molecule has 1 atom stereocenters. The Morgan fingerprint density at radius 3 is 2.45 bits per heavy atom. The molecule has 2 aromatic rings. The summed E-state index contributed by atoms with van der Waals surface area (Å²) in [6, 6.07) is 9.18. The maximum absolute atomic E-state index is 14.3. The predicted molar refractivity (Wildman–Crippen MR) is 90.9 cm³/mol. The first-order valence-electron chi connectivity index (χ1n) is 6.33. The van der Waals surface area contributed by atoms with E-state index in [2.05, 4.69) is 27.9 Å². The summed E-state index contributed by atoms with van der Waals surface area (Å²) in [4.78, 5) is 0. The first kappa shape index (κ1) is 15.7. The van der Waals surface area contributed by atoms with Gasteiger partial charge in [-0.25, -0.2) is 4.39 Å². The molecular weight excluding hydrogens is 388 g/mol. The van der Waals surface area contributed by atoms with E-state index in [0.29, 0.717) is 10.6 Å². The highest BCUT2D eigenvalue weighted by Crippen LogP contribution is 2.30. The molecule has 2 rings (SSSR count). The summed E-state index contributed by atoms with van der Waals surface area (Å²) >= 11 is 8.36. The summed E-state index contributed by atoms with van der Waals surface area (Å²) < 4.78 is 15.3. The minimum Gasteiger partial charge on any atom is -0.309 e. The van der Waals surface area contributed by atoms with Gasteiger partial charge in [-0.15, -0.1) is 0 Å². The van der Waals surface area contributed by atoms with Gasteiger partial charge in [-0.2, -0.15) is 0 Å². The number of nitrogens with one attached hydrogen (secondary N) is 1. The van der Waals surface area contributed by atoms with Gasteiger partial charge in [0, 0.05) is 9.13 Å². The molecule has 0 saturated carbocycles.